The van der Waals surface area contributed by atoms with Gasteiger partial charge in [0.15, 0.2) is 10.6 Å². The number of para-hydroxylation sites is 2. The summed E-state index contributed by atoms with van der Waals surface area (Å²) in [6.07, 6.45) is 0.422. The molecule has 1 aromatic heterocycles. The number of esters is 2. The first kappa shape index (κ1) is 16.8. The van der Waals surface area contributed by atoms with Crippen molar-refractivity contribution in [1.29, 1.82) is 0 Å². The molecule has 1 aliphatic rings. The lowest BCUT2D eigenvalue weighted by atomic mass is 9.82. The minimum Gasteiger partial charge on any atom is -0.465 e. The second-order valence-electron chi connectivity index (χ2n) is 5.76. The number of thioether (sulfide) groups is 1. The van der Waals surface area contributed by atoms with Crippen molar-refractivity contribution in [3.8, 4) is 0 Å². The minimum absolute atomic E-state index is 0.256. The molecule has 0 radical (unpaired) electrons. The number of carbonyl (C=O) groups is 2. The van der Waals surface area contributed by atoms with Crippen LogP contribution in [-0.4, -0.2) is 40.4 Å². The van der Waals surface area contributed by atoms with Crippen LogP contribution in [0.15, 0.2) is 29.4 Å². The summed E-state index contributed by atoms with van der Waals surface area (Å²) in [4.78, 5) is 32.2. The number of hydrogen-bond donors (Lipinski definition) is 1. The Morgan fingerprint density at radius 1 is 1.46 bits per heavy atom. The predicted octanol–water partition coefficient (Wildman–Crippen LogP) is 2.93. The number of fused-ring (bicyclic) bond motifs is 1. The second-order valence-corrected chi connectivity index (χ2v) is 6.77. The normalized spacial score (nSPS) is 23.4. The van der Waals surface area contributed by atoms with Gasteiger partial charge < -0.3 is 14.5 Å². The van der Waals surface area contributed by atoms with Gasteiger partial charge in [-0.2, -0.15) is 0 Å². The van der Waals surface area contributed by atoms with Gasteiger partial charge in [0, 0.05) is 12.2 Å². The third kappa shape index (κ3) is 3.00. The van der Waals surface area contributed by atoms with Gasteiger partial charge in [0.05, 0.1) is 17.6 Å². The second kappa shape index (κ2) is 6.84. The number of aromatic amines is 1. The van der Waals surface area contributed by atoms with Crippen LogP contribution < -0.4 is 0 Å². The van der Waals surface area contributed by atoms with Crippen LogP contribution in [0.2, 0.25) is 0 Å². The molecule has 1 saturated heterocycles. The number of aromatic nitrogens is 2. The molecule has 0 aliphatic carbocycles. The smallest absolute Gasteiger partial charge is 0.323 e. The van der Waals surface area contributed by atoms with E-state index in [1.165, 1.54) is 11.8 Å². The van der Waals surface area contributed by atoms with Crippen LogP contribution >= 0.6 is 11.8 Å². The summed E-state index contributed by atoms with van der Waals surface area (Å²) in [5, 5.41) is 0.775. The van der Waals surface area contributed by atoms with Crippen molar-refractivity contribution in [2.24, 2.45) is 5.41 Å². The molecular weight excluding hydrogens is 328 g/mol. The van der Waals surface area contributed by atoms with E-state index in [1.807, 2.05) is 31.2 Å². The lowest BCUT2D eigenvalue weighted by molar-refractivity contribution is -0.165. The monoisotopic (exact) mass is 348 g/mol. The number of benzene rings is 1. The fourth-order valence-electron chi connectivity index (χ4n) is 2.91. The summed E-state index contributed by atoms with van der Waals surface area (Å²) >= 11 is 1.49. The molecule has 3 rings (SSSR count). The van der Waals surface area contributed by atoms with Crippen molar-refractivity contribution in [3.05, 3.63) is 24.3 Å². The van der Waals surface area contributed by atoms with E-state index >= 15 is 0 Å². The number of imidazole rings is 1. The van der Waals surface area contributed by atoms with Crippen LogP contribution in [0.5, 0.6) is 0 Å². The van der Waals surface area contributed by atoms with Gasteiger partial charge in [-0.15, -0.1) is 0 Å². The largest absolute Gasteiger partial charge is 0.465 e. The third-order valence-corrected chi connectivity index (χ3v) is 5.29. The lowest BCUT2D eigenvalue weighted by Gasteiger charge is -2.20. The molecular formula is C17H20N2O4S. The molecule has 0 saturated carbocycles. The van der Waals surface area contributed by atoms with E-state index in [0.29, 0.717) is 18.6 Å². The highest BCUT2D eigenvalue weighted by Crippen LogP contribution is 2.40. The Labute approximate surface area is 144 Å². The van der Waals surface area contributed by atoms with Crippen molar-refractivity contribution >= 4 is 34.7 Å². The van der Waals surface area contributed by atoms with Gasteiger partial charge in [-0.05, 0) is 25.5 Å². The third-order valence-electron chi connectivity index (χ3n) is 4.28. The Kier molecular flexibility index (Phi) is 4.80. The first-order valence-electron chi connectivity index (χ1n) is 8.05. The van der Waals surface area contributed by atoms with Crippen molar-refractivity contribution < 1.29 is 19.1 Å². The molecule has 1 aliphatic heterocycles. The zero-order chi connectivity index (χ0) is 17.2. The first-order chi connectivity index (χ1) is 11.6. The highest BCUT2D eigenvalue weighted by atomic mass is 32.2. The van der Waals surface area contributed by atoms with E-state index in [-0.39, 0.29) is 12.7 Å². The molecule has 2 heterocycles. The maximum absolute atomic E-state index is 12.3. The average Bonchev–Trinajstić information content (AvgIpc) is 3.14. The molecule has 0 amide bonds. The van der Waals surface area contributed by atoms with Crippen LogP contribution in [0.3, 0.4) is 0 Å². The van der Waals surface area contributed by atoms with Crippen LogP contribution in [0, 0.1) is 5.41 Å². The first-order valence-corrected chi connectivity index (χ1v) is 9.03. The highest BCUT2D eigenvalue weighted by molar-refractivity contribution is 7.99. The molecule has 7 heteroatoms. The molecule has 1 aromatic carbocycles. The number of ether oxygens (including phenoxy) is 2. The summed E-state index contributed by atoms with van der Waals surface area (Å²) in [6, 6.07) is 7.78. The van der Waals surface area contributed by atoms with E-state index in [4.69, 9.17) is 9.47 Å². The minimum atomic E-state index is -1.16. The Morgan fingerprint density at radius 3 is 2.96 bits per heavy atom. The standard InChI is InChI=1S/C17H20N2O4S/c1-3-17(14(20)22-4-2)9-11(23-15(17)21)10-24-16-18-12-7-5-6-8-13(12)19-16/h5-8,11H,3-4,9-10H2,1-2H3,(H,18,19)/t11-,17-/m0/s1. The van der Waals surface area contributed by atoms with E-state index < -0.39 is 17.4 Å². The number of rotatable bonds is 6. The van der Waals surface area contributed by atoms with Crippen LogP contribution in [-0.2, 0) is 19.1 Å². The van der Waals surface area contributed by atoms with Crippen molar-refractivity contribution in [1.82, 2.24) is 9.97 Å². The van der Waals surface area contributed by atoms with Crippen molar-refractivity contribution in [2.75, 3.05) is 12.4 Å². The zero-order valence-corrected chi connectivity index (χ0v) is 14.5. The summed E-state index contributed by atoms with van der Waals surface area (Å²) in [7, 11) is 0. The zero-order valence-electron chi connectivity index (χ0n) is 13.7. The van der Waals surface area contributed by atoms with E-state index in [1.54, 1.807) is 6.92 Å². The molecule has 0 bridgehead atoms. The fraction of sp³-hybridized carbons (Fsp3) is 0.471. The number of cyclic esters (lactones) is 1. The molecule has 128 valence electrons. The van der Waals surface area contributed by atoms with Gasteiger partial charge in [0.2, 0.25) is 0 Å². The summed E-state index contributed by atoms with van der Waals surface area (Å²) in [6.45, 7) is 3.80. The van der Waals surface area contributed by atoms with Crippen LogP contribution in [0.25, 0.3) is 11.0 Å². The van der Waals surface area contributed by atoms with Gasteiger partial charge in [-0.1, -0.05) is 30.8 Å². The van der Waals surface area contributed by atoms with Gasteiger partial charge >= 0.3 is 11.9 Å². The maximum atomic E-state index is 12.3. The summed E-state index contributed by atoms with van der Waals surface area (Å²) < 4.78 is 10.5. The van der Waals surface area contributed by atoms with E-state index in [0.717, 1.165) is 16.2 Å². The van der Waals surface area contributed by atoms with Crippen molar-refractivity contribution in [2.45, 2.75) is 37.9 Å². The molecule has 1 N–H and O–H groups in total. The molecule has 2 atom stereocenters. The van der Waals surface area contributed by atoms with Crippen molar-refractivity contribution in [3.63, 3.8) is 0 Å². The van der Waals surface area contributed by atoms with Crippen LogP contribution in [0.1, 0.15) is 26.7 Å². The maximum Gasteiger partial charge on any atom is 0.323 e. The SMILES string of the molecule is CCOC(=O)[C@]1(CC)C[C@@H](CSc2nc3ccccc3[nH]2)OC1=O. The number of H-pyrrole nitrogens is 1. The molecule has 1 fully saturated rings. The molecule has 0 unspecified atom stereocenters. The Morgan fingerprint density at radius 2 is 2.25 bits per heavy atom. The van der Waals surface area contributed by atoms with Gasteiger partial charge in [-0.3, -0.25) is 9.59 Å². The number of nitrogens with one attached hydrogen (secondary N) is 1. The number of nitrogens with zero attached hydrogens (tertiary/aromatic N) is 1. The molecule has 24 heavy (non-hydrogen) atoms. The fourth-order valence-corrected chi connectivity index (χ4v) is 3.78. The van der Waals surface area contributed by atoms with Crippen LogP contribution in [0.4, 0.5) is 0 Å². The molecule has 6 nitrogen and oxygen atoms in total. The Bertz CT molecular complexity index is 727. The van der Waals surface area contributed by atoms with Gasteiger partial charge in [-0.25, -0.2) is 4.98 Å². The van der Waals surface area contributed by atoms with Gasteiger partial charge in [0.25, 0.3) is 0 Å². The van der Waals surface area contributed by atoms with E-state index in [2.05, 4.69) is 9.97 Å². The summed E-state index contributed by atoms with van der Waals surface area (Å²) in [5.41, 5.74) is 0.713. The lowest BCUT2D eigenvalue weighted by Crippen LogP contribution is -2.36. The number of hydrogen-bond acceptors (Lipinski definition) is 6. The van der Waals surface area contributed by atoms with Gasteiger partial charge in [0.1, 0.15) is 6.10 Å². The Balaban J connectivity index is 1.66. The highest BCUT2D eigenvalue weighted by Gasteiger charge is 2.54. The Hall–Kier alpha value is -2.02. The predicted molar refractivity (Wildman–Crippen MR) is 90.7 cm³/mol. The summed E-state index contributed by atoms with van der Waals surface area (Å²) in [5.74, 6) is -0.403. The quantitative estimate of drug-likeness (QED) is 0.491. The number of carbonyl (C=O) groups excluding carboxylic acids is 2. The average molecular weight is 348 g/mol. The topological polar surface area (TPSA) is 81.3 Å². The van der Waals surface area contributed by atoms with E-state index in [9.17, 15) is 9.59 Å². The molecule has 0 spiro atoms. The molecule has 2 aromatic rings.